The predicted octanol–water partition coefficient (Wildman–Crippen LogP) is 1.22. The molecule has 0 radical (unpaired) electrons. The third kappa shape index (κ3) is 5.61. The molecule has 0 aliphatic carbocycles. The number of hydrogen-bond acceptors (Lipinski definition) is 4. The summed E-state index contributed by atoms with van der Waals surface area (Å²) in [6.07, 6.45) is 0.254. The molecule has 0 aromatic heterocycles. The second-order valence-electron chi connectivity index (χ2n) is 6.31. The average molecular weight is 300 g/mol. The van der Waals surface area contributed by atoms with Crippen LogP contribution in [0, 0.1) is 5.92 Å². The van der Waals surface area contributed by atoms with Gasteiger partial charge >= 0.3 is 12.1 Å². The minimum Gasteiger partial charge on any atom is -0.481 e. The van der Waals surface area contributed by atoms with E-state index in [0.717, 1.165) is 0 Å². The van der Waals surface area contributed by atoms with Gasteiger partial charge < -0.3 is 20.1 Å². The Kier molecular flexibility index (Phi) is 5.57. The molecule has 1 aliphatic rings. The van der Waals surface area contributed by atoms with E-state index in [1.165, 1.54) is 0 Å². The van der Waals surface area contributed by atoms with Crippen molar-refractivity contribution in [3.05, 3.63) is 0 Å². The number of carboxylic acids is 1. The topological polar surface area (TPSA) is 95.9 Å². The van der Waals surface area contributed by atoms with Gasteiger partial charge in [-0.15, -0.1) is 0 Å². The fraction of sp³-hybridized carbons (Fsp3) is 0.786. The maximum atomic E-state index is 12.2. The standard InChI is InChI=1S/C14H24N2O5/c1-9(15-13(20)21-14(2,3)4)11(17)16-7-5-10(6-8-16)12(18)19/h9-10H,5-8H2,1-4H3,(H,15,20)(H,18,19)/t9-/m0/s1. The highest BCUT2D eigenvalue weighted by atomic mass is 16.6. The number of nitrogens with zero attached hydrogens (tertiary/aromatic N) is 1. The van der Waals surface area contributed by atoms with Crippen LogP contribution in [0.25, 0.3) is 0 Å². The van der Waals surface area contributed by atoms with E-state index in [9.17, 15) is 14.4 Å². The summed E-state index contributed by atoms with van der Waals surface area (Å²) in [6, 6.07) is -0.693. The van der Waals surface area contributed by atoms with Crippen molar-refractivity contribution in [3.63, 3.8) is 0 Å². The molecule has 21 heavy (non-hydrogen) atoms. The second kappa shape index (κ2) is 6.78. The van der Waals surface area contributed by atoms with Crippen LogP contribution >= 0.6 is 0 Å². The minimum absolute atomic E-state index is 0.218. The summed E-state index contributed by atoms with van der Waals surface area (Å²) < 4.78 is 5.10. The number of rotatable bonds is 3. The molecule has 7 heteroatoms. The number of hydrogen-bond donors (Lipinski definition) is 2. The van der Waals surface area contributed by atoms with Crippen molar-refractivity contribution < 1.29 is 24.2 Å². The van der Waals surface area contributed by atoms with E-state index in [1.807, 2.05) is 0 Å². The maximum absolute atomic E-state index is 12.2. The van der Waals surface area contributed by atoms with E-state index >= 15 is 0 Å². The van der Waals surface area contributed by atoms with Crippen molar-refractivity contribution in [2.24, 2.45) is 5.92 Å². The monoisotopic (exact) mass is 300 g/mol. The normalized spacial score (nSPS) is 18.0. The summed E-state index contributed by atoms with van der Waals surface area (Å²) in [7, 11) is 0. The molecule has 2 N–H and O–H groups in total. The number of aliphatic carboxylic acids is 1. The van der Waals surface area contributed by atoms with E-state index in [0.29, 0.717) is 25.9 Å². The third-order valence-electron chi connectivity index (χ3n) is 3.26. The molecule has 0 aromatic rings. The van der Waals surface area contributed by atoms with Crippen molar-refractivity contribution in [1.29, 1.82) is 0 Å². The van der Waals surface area contributed by atoms with Gasteiger partial charge in [0, 0.05) is 13.1 Å². The molecule has 2 amide bonds. The summed E-state index contributed by atoms with van der Waals surface area (Å²) in [5.74, 6) is -1.42. The fourth-order valence-corrected chi connectivity index (χ4v) is 2.17. The van der Waals surface area contributed by atoms with Crippen LogP contribution in [0.1, 0.15) is 40.5 Å². The molecule has 7 nitrogen and oxygen atoms in total. The Bertz CT molecular complexity index is 408. The zero-order valence-corrected chi connectivity index (χ0v) is 13.0. The third-order valence-corrected chi connectivity index (χ3v) is 3.26. The summed E-state index contributed by atoms with van der Waals surface area (Å²) in [5.41, 5.74) is -0.618. The molecule has 0 spiro atoms. The Labute approximate surface area is 124 Å². The molecule has 1 aliphatic heterocycles. The van der Waals surface area contributed by atoms with Gasteiger partial charge in [-0.1, -0.05) is 0 Å². The SMILES string of the molecule is C[C@H](NC(=O)OC(C)(C)C)C(=O)N1CCC(C(=O)O)CC1. The molecular weight excluding hydrogens is 276 g/mol. The first-order valence-corrected chi connectivity index (χ1v) is 7.11. The Morgan fingerprint density at radius 1 is 1.24 bits per heavy atom. The zero-order valence-electron chi connectivity index (χ0n) is 13.0. The van der Waals surface area contributed by atoms with Crippen LogP contribution in [-0.4, -0.2) is 52.7 Å². The van der Waals surface area contributed by atoms with Gasteiger partial charge in [-0.2, -0.15) is 0 Å². The minimum atomic E-state index is -0.818. The first-order chi connectivity index (χ1) is 9.60. The lowest BCUT2D eigenvalue weighted by Gasteiger charge is -2.32. The zero-order chi connectivity index (χ0) is 16.2. The highest BCUT2D eigenvalue weighted by molar-refractivity contribution is 5.85. The van der Waals surface area contributed by atoms with Gasteiger partial charge in [0.2, 0.25) is 5.91 Å². The van der Waals surface area contributed by atoms with E-state index in [1.54, 1.807) is 32.6 Å². The highest BCUT2D eigenvalue weighted by Gasteiger charge is 2.30. The molecule has 1 rings (SSSR count). The summed E-state index contributed by atoms with van der Waals surface area (Å²) in [6.45, 7) is 7.63. The number of alkyl carbamates (subject to hydrolysis) is 1. The molecule has 1 heterocycles. The van der Waals surface area contributed by atoms with E-state index in [4.69, 9.17) is 9.84 Å². The van der Waals surface area contributed by atoms with Crippen LogP contribution in [0.2, 0.25) is 0 Å². The van der Waals surface area contributed by atoms with Gasteiger partial charge in [0.05, 0.1) is 5.92 Å². The Hall–Kier alpha value is -1.79. The lowest BCUT2D eigenvalue weighted by atomic mass is 9.97. The molecule has 120 valence electrons. The summed E-state index contributed by atoms with van der Waals surface area (Å²) in [5, 5.41) is 11.4. The van der Waals surface area contributed by atoms with Crippen LogP contribution in [0.5, 0.6) is 0 Å². The molecule has 1 saturated heterocycles. The van der Waals surface area contributed by atoms with E-state index in [-0.39, 0.29) is 11.8 Å². The number of likely N-dealkylation sites (tertiary alicyclic amines) is 1. The molecule has 1 atom stereocenters. The quantitative estimate of drug-likeness (QED) is 0.817. The number of ether oxygens (including phenoxy) is 1. The number of piperidine rings is 1. The lowest BCUT2D eigenvalue weighted by Crippen LogP contribution is -2.50. The van der Waals surface area contributed by atoms with Gasteiger partial charge in [0.1, 0.15) is 11.6 Å². The average Bonchev–Trinajstić information content (AvgIpc) is 2.35. The second-order valence-corrected chi connectivity index (χ2v) is 6.31. The number of carbonyl (C=O) groups is 3. The molecule has 0 unspecified atom stereocenters. The van der Waals surface area contributed by atoms with Gasteiger partial charge in [-0.3, -0.25) is 9.59 Å². The number of carbonyl (C=O) groups excluding carboxylic acids is 2. The van der Waals surface area contributed by atoms with Gasteiger partial charge in [-0.25, -0.2) is 4.79 Å². The van der Waals surface area contributed by atoms with Gasteiger partial charge in [0.15, 0.2) is 0 Å². The highest BCUT2D eigenvalue weighted by Crippen LogP contribution is 2.18. The van der Waals surface area contributed by atoms with Crippen LogP contribution in [0.15, 0.2) is 0 Å². The lowest BCUT2D eigenvalue weighted by molar-refractivity contribution is -0.146. The maximum Gasteiger partial charge on any atom is 0.408 e. The number of carboxylic acid groups (broad SMARTS) is 1. The fourth-order valence-electron chi connectivity index (χ4n) is 2.17. The van der Waals surface area contributed by atoms with Crippen molar-refractivity contribution in [2.45, 2.75) is 52.2 Å². The Balaban J connectivity index is 2.45. The Morgan fingerprint density at radius 3 is 2.19 bits per heavy atom. The van der Waals surface area contributed by atoms with Gasteiger partial charge in [-0.05, 0) is 40.5 Å². The largest absolute Gasteiger partial charge is 0.481 e. The van der Waals surface area contributed by atoms with Crippen molar-refractivity contribution in [2.75, 3.05) is 13.1 Å². The van der Waals surface area contributed by atoms with E-state index in [2.05, 4.69) is 5.32 Å². The van der Waals surface area contributed by atoms with E-state index < -0.39 is 23.7 Å². The van der Waals surface area contributed by atoms with Crippen molar-refractivity contribution in [1.82, 2.24) is 10.2 Å². The van der Waals surface area contributed by atoms with Crippen LogP contribution in [0.3, 0.4) is 0 Å². The molecule has 0 bridgehead atoms. The van der Waals surface area contributed by atoms with Crippen LogP contribution in [-0.2, 0) is 14.3 Å². The first kappa shape index (κ1) is 17.3. The first-order valence-electron chi connectivity index (χ1n) is 7.11. The van der Waals surface area contributed by atoms with Crippen LogP contribution in [0.4, 0.5) is 4.79 Å². The molecule has 1 fully saturated rings. The smallest absolute Gasteiger partial charge is 0.408 e. The van der Waals surface area contributed by atoms with Crippen molar-refractivity contribution in [3.8, 4) is 0 Å². The van der Waals surface area contributed by atoms with Crippen LogP contribution < -0.4 is 5.32 Å². The van der Waals surface area contributed by atoms with Crippen molar-refractivity contribution >= 4 is 18.0 Å². The summed E-state index contributed by atoms with van der Waals surface area (Å²) >= 11 is 0. The van der Waals surface area contributed by atoms with Gasteiger partial charge in [0.25, 0.3) is 0 Å². The Morgan fingerprint density at radius 2 is 1.76 bits per heavy atom. The molecular formula is C14H24N2O5. The predicted molar refractivity (Wildman–Crippen MR) is 75.8 cm³/mol. The number of amides is 2. The molecule has 0 saturated carbocycles. The number of nitrogens with one attached hydrogen (secondary N) is 1. The molecule has 0 aromatic carbocycles. The summed E-state index contributed by atoms with van der Waals surface area (Å²) in [4.78, 5) is 36.3.